The summed E-state index contributed by atoms with van der Waals surface area (Å²) in [6.07, 6.45) is -3.14. The Labute approximate surface area is 129 Å². The normalized spacial score (nSPS) is 11.3. The van der Waals surface area contributed by atoms with Crippen LogP contribution in [0.25, 0.3) is 0 Å². The van der Waals surface area contributed by atoms with Crippen LogP contribution in [0.2, 0.25) is 0 Å². The summed E-state index contributed by atoms with van der Waals surface area (Å²) in [5.74, 6) is -0.569. The van der Waals surface area contributed by atoms with Crippen molar-refractivity contribution in [2.24, 2.45) is 0 Å². The largest absolute Gasteiger partial charge is 0.418 e. The Hall–Kier alpha value is -2.09. The fraction of sp³-hybridized carbons (Fsp3) is 0.214. The van der Waals surface area contributed by atoms with Crippen LogP contribution in [0.3, 0.4) is 0 Å². The van der Waals surface area contributed by atoms with Gasteiger partial charge < -0.3 is 5.32 Å². The van der Waals surface area contributed by atoms with Crippen molar-refractivity contribution in [1.29, 1.82) is 0 Å². The Balaban J connectivity index is 2.01. The van der Waals surface area contributed by atoms with Gasteiger partial charge in [0.1, 0.15) is 11.4 Å². The van der Waals surface area contributed by atoms with E-state index in [1.165, 1.54) is 24.5 Å². The van der Waals surface area contributed by atoms with Gasteiger partial charge in [0.2, 0.25) is 5.91 Å². The highest BCUT2D eigenvalue weighted by molar-refractivity contribution is 7.99. The second-order valence-electron chi connectivity index (χ2n) is 4.38. The third-order valence-electron chi connectivity index (χ3n) is 2.64. The van der Waals surface area contributed by atoms with Crippen LogP contribution in [0.1, 0.15) is 11.3 Å². The van der Waals surface area contributed by atoms with Gasteiger partial charge in [-0.2, -0.15) is 13.2 Å². The molecule has 8 heteroatoms. The lowest BCUT2D eigenvalue weighted by atomic mass is 10.1. The predicted octanol–water partition coefficient (Wildman–Crippen LogP) is 3.53. The van der Waals surface area contributed by atoms with Crippen molar-refractivity contribution < 1.29 is 18.0 Å². The molecule has 1 N–H and O–H groups in total. The molecule has 2 rings (SSSR count). The first-order valence-corrected chi connectivity index (χ1v) is 7.22. The molecule has 2 aromatic rings. The molecule has 22 heavy (non-hydrogen) atoms. The van der Waals surface area contributed by atoms with E-state index < -0.39 is 17.6 Å². The molecule has 0 saturated heterocycles. The molecule has 4 nitrogen and oxygen atoms in total. The van der Waals surface area contributed by atoms with Crippen LogP contribution in [0.4, 0.5) is 18.9 Å². The summed E-state index contributed by atoms with van der Waals surface area (Å²) >= 11 is 1.13. The summed E-state index contributed by atoms with van der Waals surface area (Å²) in [5, 5.41) is 2.87. The second-order valence-corrected chi connectivity index (χ2v) is 5.37. The summed E-state index contributed by atoms with van der Waals surface area (Å²) in [7, 11) is 0. The molecule has 1 amide bonds. The molecule has 0 aliphatic carbocycles. The van der Waals surface area contributed by atoms with Gasteiger partial charge in [-0.3, -0.25) is 4.79 Å². The molecule has 116 valence electrons. The maximum absolute atomic E-state index is 12.8. The average Bonchev–Trinajstić information content (AvgIpc) is 2.45. The molecule has 0 fully saturated rings. The summed E-state index contributed by atoms with van der Waals surface area (Å²) in [6.45, 7) is 1.78. The van der Waals surface area contributed by atoms with Gasteiger partial charge in [0.25, 0.3) is 0 Å². The quantitative estimate of drug-likeness (QED) is 0.689. The van der Waals surface area contributed by atoms with Gasteiger partial charge in [0.15, 0.2) is 0 Å². The zero-order valence-corrected chi connectivity index (χ0v) is 12.3. The fourth-order valence-corrected chi connectivity index (χ4v) is 2.40. The molecule has 1 heterocycles. The average molecular weight is 327 g/mol. The lowest BCUT2D eigenvalue weighted by Crippen LogP contribution is -2.18. The number of thioether (sulfide) groups is 1. The Morgan fingerprint density at radius 2 is 2.00 bits per heavy atom. The third kappa shape index (κ3) is 4.45. The molecule has 0 spiro atoms. The van der Waals surface area contributed by atoms with Crippen molar-refractivity contribution in [2.45, 2.75) is 18.1 Å². The molecule has 0 bridgehead atoms. The first-order chi connectivity index (χ1) is 10.4. The molecular formula is C14H12F3N3OS. The number of halogens is 3. The molecule has 1 aromatic carbocycles. The number of amides is 1. The monoisotopic (exact) mass is 327 g/mol. The number of hydrogen-bond acceptors (Lipinski definition) is 4. The van der Waals surface area contributed by atoms with Gasteiger partial charge in [-0.05, 0) is 25.1 Å². The second kappa shape index (κ2) is 6.78. The fourth-order valence-electron chi connectivity index (χ4n) is 1.67. The number of nitrogens with one attached hydrogen (secondary N) is 1. The standard InChI is InChI=1S/C14H12F3N3OS/c1-9-6-13(19-8-18-9)22-7-12(21)20-11-5-3-2-4-10(11)14(15,16)17/h2-6,8H,7H2,1H3,(H,20,21). The van der Waals surface area contributed by atoms with Crippen LogP contribution in [-0.4, -0.2) is 21.6 Å². The Kier molecular flexibility index (Phi) is 5.02. The lowest BCUT2D eigenvalue weighted by Gasteiger charge is -2.13. The summed E-state index contributed by atoms with van der Waals surface area (Å²) in [4.78, 5) is 19.7. The van der Waals surface area contributed by atoms with Crippen LogP contribution in [0.5, 0.6) is 0 Å². The van der Waals surface area contributed by atoms with Crippen molar-refractivity contribution in [2.75, 3.05) is 11.1 Å². The maximum Gasteiger partial charge on any atom is 0.418 e. The summed E-state index contributed by atoms with van der Waals surface area (Å²) in [5.41, 5.74) is -0.369. The minimum atomic E-state index is -4.51. The zero-order chi connectivity index (χ0) is 16.2. The maximum atomic E-state index is 12.8. The van der Waals surface area contributed by atoms with E-state index in [0.29, 0.717) is 5.03 Å². The van der Waals surface area contributed by atoms with E-state index in [1.54, 1.807) is 13.0 Å². The Morgan fingerprint density at radius 3 is 2.68 bits per heavy atom. The minimum absolute atomic E-state index is 0.0390. The van der Waals surface area contributed by atoms with Crippen molar-refractivity contribution in [1.82, 2.24) is 9.97 Å². The number of rotatable bonds is 4. The van der Waals surface area contributed by atoms with Gasteiger partial charge in [0.05, 0.1) is 17.0 Å². The van der Waals surface area contributed by atoms with Crippen LogP contribution < -0.4 is 5.32 Å². The molecule has 0 unspecified atom stereocenters. The lowest BCUT2D eigenvalue weighted by molar-refractivity contribution is -0.137. The van der Waals surface area contributed by atoms with Crippen LogP contribution >= 0.6 is 11.8 Å². The van der Waals surface area contributed by atoms with Gasteiger partial charge >= 0.3 is 6.18 Å². The molecule has 0 radical (unpaired) electrons. The number of anilines is 1. The van der Waals surface area contributed by atoms with Crippen LogP contribution in [0.15, 0.2) is 41.7 Å². The summed E-state index contributed by atoms with van der Waals surface area (Å²) < 4.78 is 38.5. The number of alkyl halides is 3. The number of aromatic nitrogens is 2. The highest BCUT2D eigenvalue weighted by Gasteiger charge is 2.33. The van der Waals surface area contributed by atoms with Gasteiger partial charge in [-0.15, -0.1) is 0 Å². The van der Waals surface area contributed by atoms with Crippen molar-refractivity contribution in [3.8, 4) is 0 Å². The smallest absolute Gasteiger partial charge is 0.325 e. The van der Waals surface area contributed by atoms with E-state index >= 15 is 0 Å². The Bertz CT molecular complexity index is 676. The van der Waals surface area contributed by atoms with Crippen molar-refractivity contribution in [3.63, 3.8) is 0 Å². The Morgan fingerprint density at radius 1 is 1.27 bits per heavy atom. The van der Waals surface area contributed by atoms with Crippen molar-refractivity contribution >= 4 is 23.4 Å². The van der Waals surface area contributed by atoms with E-state index in [9.17, 15) is 18.0 Å². The molecular weight excluding hydrogens is 315 g/mol. The topological polar surface area (TPSA) is 54.9 Å². The highest BCUT2D eigenvalue weighted by atomic mass is 32.2. The van der Waals surface area contributed by atoms with Crippen molar-refractivity contribution in [3.05, 3.63) is 47.9 Å². The van der Waals surface area contributed by atoms with E-state index in [4.69, 9.17) is 0 Å². The van der Waals surface area contributed by atoms with E-state index in [2.05, 4.69) is 15.3 Å². The van der Waals surface area contributed by atoms with E-state index in [0.717, 1.165) is 23.5 Å². The van der Waals surface area contributed by atoms with Gasteiger partial charge in [0, 0.05) is 5.69 Å². The van der Waals surface area contributed by atoms with Crippen LogP contribution in [0, 0.1) is 6.92 Å². The minimum Gasteiger partial charge on any atom is -0.325 e. The number of carbonyl (C=O) groups is 1. The molecule has 0 saturated carbocycles. The third-order valence-corrected chi connectivity index (χ3v) is 3.56. The van der Waals surface area contributed by atoms with Gasteiger partial charge in [-0.1, -0.05) is 23.9 Å². The number of hydrogen-bond donors (Lipinski definition) is 1. The molecule has 0 atom stereocenters. The number of para-hydroxylation sites is 1. The number of nitrogens with zero attached hydrogens (tertiary/aromatic N) is 2. The number of carbonyl (C=O) groups excluding carboxylic acids is 1. The SMILES string of the molecule is Cc1cc(SCC(=O)Nc2ccccc2C(F)(F)F)ncn1. The molecule has 0 aliphatic heterocycles. The first-order valence-electron chi connectivity index (χ1n) is 6.24. The first kappa shape index (κ1) is 16.3. The van der Waals surface area contributed by atoms with E-state index in [1.807, 2.05) is 0 Å². The van der Waals surface area contributed by atoms with E-state index in [-0.39, 0.29) is 11.4 Å². The van der Waals surface area contributed by atoms with Crippen LogP contribution in [-0.2, 0) is 11.0 Å². The zero-order valence-electron chi connectivity index (χ0n) is 11.5. The highest BCUT2D eigenvalue weighted by Crippen LogP contribution is 2.34. The predicted molar refractivity (Wildman–Crippen MR) is 77.6 cm³/mol. The molecule has 0 aliphatic rings. The van der Waals surface area contributed by atoms with Gasteiger partial charge in [-0.25, -0.2) is 9.97 Å². The summed E-state index contributed by atoms with van der Waals surface area (Å²) in [6, 6.07) is 6.56. The molecule has 1 aromatic heterocycles. The number of benzene rings is 1. The number of aryl methyl sites for hydroxylation is 1.